The van der Waals surface area contributed by atoms with Crippen LogP contribution in [0.15, 0.2) is 40.6 Å². The highest BCUT2D eigenvalue weighted by molar-refractivity contribution is 6.00. The average Bonchev–Trinajstić information content (AvgIpc) is 3.51. The average molecular weight is 681 g/mol. The van der Waals surface area contributed by atoms with Crippen LogP contribution in [0, 0.1) is 11.8 Å². The van der Waals surface area contributed by atoms with Crippen LogP contribution in [0.1, 0.15) is 83.1 Å². The molecule has 264 valence electrons. The zero-order chi connectivity index (χ0) is 36.1. The van der Waals surface area contributed by atoms with Gasteiger partial charge < -0.3 is 24.3 Å². The topological polar surface area (TPSA) is 219 Å². The van der Waals surface area contributed by atoms with E-state index in [-0.39, 0.29) is 50.4 Å². The number of alkyl carbamates (subject to hydrolysis) is 1. The van der Waals surface area contributed by atoms with Crippen molar-refractivity contribution in [2.75, 3.05) is 19.7 Å². The number of ether oxygens (including phenoxy) is 4. The largest absolute Gasteiger partial charge is 0.444 e. The Labute approximate surface area is 284 Å². The van der Waals surface area contributed by atoms with Gasteiger partial charge in [-0.3, -0.25) is 14.3 Å². The molecule has 0 radical (unpaired) electrons. The number of aromatic nitrogens is 2. The standard InChI is InChI=1S/C32H44N10O7/c1-30(2,3)48-28(44)35-14-21-20(15-36-39-33)23(22-17-47-32(7,8)42(22)29(45)49-31(4,5)6)24-25(26(21)43)41(27(37-24)38-40-34)18-46-16-19-12-10-9-11-13-19/h9-13,20-23H,14-18H2,1-8H3,(H,35,44)/t20-,21+,22-,23-/m1/s1. The van der Waals surface area contributed by atoms with E-state index in [1.54, 1.807) is 55.4 Å². The maximum atomic E-state index is 14.5. The minimum atomic E-state index is -1.14. The summed E-state index contributed by atoms with van der Waals surface area (Å²) in [7, 11) is 0. The van der Waals surface area contributed by atoms with Crippen LogP contribution in [0.25, 0.3) is 20.9 Å². The van der Waals surface area contributed by atoms with Crippen molar-refractivity contribution in [3.8, 4) is 0 Å². The van der Waals surface area contributed by atoms with Gasteiger partial charge in [-0.1, -0.05) is 35.4 Å². The number of hydrogen-bond acceptors (Lipinski definition) is 10. The second kappa shape index (κ2) is 14.7. The van der Waals surface area contributed by atoms with Crippen molar-refractivity contribution < 1.29 is 33.3 Å². The highest BCUT2D eigenvalue weighted by atomic mass is 16.6. The van der Waals surface area contributed by atoms with Gasteiger partial charge in [0.1, 0.15) is 29.4 Å². The molecule has 1 N–H and O–H groups in total. The number of benzene rings is 1. The van der Waals surface area contributed by atoms with Crippen molar-refractivity contribution in [2.24, 2.45) is 22.1 Å². The Morgan fingerprint density at radius 2 is 1.76 bits per heavy atom. The fraction of sp³-hybridized carbons (Fsp3) is 0.625. The Balaban J connectivity index is 1.87. The quantitative estimate of drug-likeness (QED) is 0.161. The molecule has 2 aromatic rings. The van der Waals surface area contributed by atoms with E-state index >= 15 is 0 Å². The van der Waals surface area contributed by atoms with Crippen LogP contribution in [-0.4, -0.2) is 75.1 Å². The first-order valence-electron chi connectivity index (χ1n) is 15.9. The number of rotatable bonds is 10. The molecule has 1 saturated heterocycles. The van der Waals surface area contributed by atoms with E-state index in [1.807, 2.05) is 30.3 Å². The summed E-state index contributed by atoms with van der Waals surface area (Å²) in [4.78, 5) is 53.1. The lowest BCUT2D eigenvalue weighted by Gasteiger charge is -2.43. The zero-order valence-corrected chi connectivity index (χ0v) is 29.1. The number of azide groups is 2. The summed E-state index contributed by atoms with van der Waals surface area (Å²) in [5.41, 5.74) is 17.2. The van der Waals surface area contributed by atoms with Crippen LogP contribution in [-0.2, 0) is 32.3 Å². The third kappa shape index (κ3) is 8.81. The van der Waals surface area contributed by atoms with Gasteiger partial charge in [0, 0.05) is 34.7 Å². The molecule has 2 amide bonds. The number of fused-ring (bicyclic) bond motifs is 1. The molecule has 0 saturated carbocycles. The number of hydrogen-bond donors (Lipinski definition) is 1. The lowest BCUT2D eigenvalue weighted by atomic mass is 9.68. The Morgan fingerprint density at radius 3 is 2.37 bits per heavy atom. The second-order valence-electron chi connectivity index (χ2n) is 14.4. The summed E-state index contributed by atoms with van der Waals surface area (Å²) in [6.45, 7) is 13.4. The SMILES string of the molecule is CC(C)(C)OC(=O)NC[C@@H]1C(=O)c2c(nc(N=[N+]=[N-])n2COCc2ccccc2)[C@@H]([C@H]2COC(C)(C)N2C(=O)OC(C)(C)C)[C@@H]1CN=[N+]=[N-]. The number of nitrogens with one attached hydrogen (secondary N) is 1. The Morgan fingerprint density at radius 1 is 1.08 bits per heavy atom. The van der Waals surface area contributed by atoms with Crippen molar-refractivity contribution in [3.63, 3.8) is 0 Å². The maximum Gasteiger partial charge on any atom is 0.412 e. The van der Waals surface area contributed by atoms with Crippen molar-refractivity contribution in [2.45, 2.75) is 97.6 Å². The summed E-state index contributed by atoms with van der Waals surface area (Å²) in [5, 5.41) is 10.3. The number of imidazole rings is 1. The molecule has 49 heavy (non-hydrogen) atoms. The molecule has 0 bridgehead atoms. The van der Waals surface area contributed by atoms with E-state index in [1.165, 1.54) is 9.47 Å². The van der Waals surface area contributed by atoms with E-state index < -0.39 is 58.7 Å². The van der Waals surface area contributed by atoms with Crippen molar-refractivity contribution in [1.29, 1.82) is 0 Å². The Kier molecular flexibility index (Phi) is 11.1. The normalized spacial score (nSPS) is 21.6. The molecule has 2 heterocycles. The molecule has 0 spiro atoms. The van der Waals surface area contributed by atoms with Crippen LogP contribution < -0.4 is 5.32 Å². The fourth-order valence-corrected chi connectivity index (χ4v) is 6.20. The maximum absolute atomic E-state index is 14.5. The Bertz CT molecular complexity index is 1630. The summed E-state index contributed by atoms with van der Waals surface area (Å²) in [6.07, 6.45) is -1.41. The van der Waals surface area contributed by atoms with Crippen LogP contribution in [0.5, 0.6) is 0 Å². The molecule has 1 fully saturated rings. The molecule has 4 atom stereocenters. The monoisotopic (exact) mass is 680 g/mol. The van der Waals surface area contributed by atoms with Crippen LogP contribution in [0.3, 0.4) is 0 Å². The van der Waals surface area contributed by atoms with E-state index in [9.17, 15) is 25.4 Å². The molecule has 2 aliphatic rings. The first-order chi connectivity index (χ1) is 23.0. The van der Waals surface area contributed by atoms with Gasteiger partial charge in [-0.2, -0.15) is 0 Å². The highest BCUT2D eigenvalue weighted by Crippen LogP contribution is 2.48. The van der Waals surface area contributed by atoms with Gasteiger partial charge in [-0.05, 0) is 83.0 Å². The summed E-state index contributed by atoms with van der Waals surface area (Å²) >= 11 is 0. The van der Waals surface area contributed by atoms with Gasteiger partial charge in [-0.15, -0.1) is 0 Å². The number of Topliss-reactive ketones (excluding diaryl/α,β-unsaturated/α-hetero) is 1. The number of amides is 2. The van der Waals surface area contributed by atoms with Gasteiger partial charge in [0.2, 0.25) is 0 Å². The summed E-state index contributed by atoms with van der Waals surface area (Å²) in [6, 6.07) is 8.58. The predicted octanol–water partition coefficient (Wildman–Crippen LogP) is 6.72. The molecular formula is C32H44N10O7. The summed E-state index contributed by atoms with van der Waals surface area (Å²) < 4.78 is 24.7. The third-order valence-electron chi connectivity index (χ3n) is 8.05. The van der Waals surface area contributed by atoms with Gasteiger partial charge in [0.25, 0.3) is 0 Å². The number of carbonyl (C=O) groups excluding carboxylic acids is 3. The van der Waals surface area contributed by atoms with Gasteiger partial charge in [0.15, 0.2) is 11.7 Å². The van der Waals surface area contributed by atoms with Crippen molar-refractivity contribution in [1.82, 2.24) is 19.8 Å². The third-order valence-corrected chi connectivity index (χ3v) is 8.05. The Hall–Kier alpha value is -4.82. The van der Waals surface area contributed by atoms with Crippen molar-refractivity contribution >= 4 is 23.9 Å². The van der Waals surface area contributed by atoms with Gasteiger partial charge in [-0.25, -0.2) is 14.6 Å². The molecule has 17 nitrogen and oxygen atoms in total. The molecule has 1 aliphatic carbocycles. The molecule has 17 heteroatoms. The number of nitrogens with zero attached hydrogens (tertiary/aromatic N) is 9. The van der Waals surface area contributed by atoms with E-state index in [0.717, 1.165) is 5.56 Å². The summed E-state index contributed by atoms with van der Waals surface area (Å²) in [5.74, 6) is -3.21. The van der Waals surface area contributed by atoms with Crippen LogP contribution in [0.4, 0.5) is 15.5 Å². The van der Waals surface area contributed by atoms with Gasteiger partial charge in [0.05, 0.1) is 24.9 Å². The highest BCUT2D eigenvalue weighted by Gasteiger charge is 2.56. The minimum Gasteiger partial charge on any atom is -0.444 e. The molecule has 1 aromatic carbocycles. The van der Waals surface area contributed by atoms with Crippen molar-refractivity contribution in [3.05, 3.63) is 68.2 Å². The van der Waals surface area contributed by atoms with Crippen LogP contribution in [0.2, 0.25) is 0 Å². The zero-order valence-electron chi connectivity index (χ0n) is 29.1. The minimum absolute atomic E-state index is 0.0116. The van der Waals surface area contributed by atoms with E-state index in [4.69, 9.17) is 18.9 Å². The molecule has 1 aromatic heterocycles. The molecule has 1 aliphatic heterocycles. The lowest BCUT2D eigenvalue weighted by molar-refractivity contribution is -0.0642. The van der Waals surface area contributed by atoms with E-state index in [0.29, 0.717) is 0 Å². The first-order valence-corrected chi connectivity index (χ1v) is 15.9. The molecular weight excluding hydrogens is 636 g/mol. The fourth-order valence-electron chi connectivity index (χ4n) is 6.20. The van der Waals surface area contributed by atoms with Gasteiger partial charge >= 0.3 is 12.2 Å². The number of carbonyl (C=O) groups is 3. The molecule has 4 rings (SSSR count). The van der Waals surface area contributed by atoms with E-state index in [2.05, 4.69) is 30.4 Å². The smallest absolute Gasteiger partial charge is 0.412 e. The predicted molar refractivity (Wildman–Crippen MR) is 176 cm³/mol. The second-order valence-corrected chi connectivity index (χ2v) is 14.4. The number of ketones is 1. The van der Waals surface area contributed by atoms with Crippen LogP contribution >= 0.6 is 0 Å². The molecule has 0 unspecified atom stereocenters. The first kappa shape index (κ1) is 37.0. The lowest BCUT2D eigenvalue weighted by Crippen LogP contribution is -2.55.